The highest BCUT2D eigenvalue weighted by Crippen LogP contribution is 2.50. The Kier molecular flexibility index (Phi) is 3.61. The zero-order valence-electron chi connectivity index (χ0n) is 11.6. The van der Waals surface area contributed by atoms with Gasteiger partial charge in [0.2, 0.25) is 5.91 Å². The first-order valence-corrected chi connectivity index (χ1v) is 7.85. The minimum Gasteiger partial charge on any atom is -0.477 e. The van der Waals surface area contributed by atoms with Crippen LogP contribution < -0.4 is 0 Å². The lowest BCUT2D eigenvalue weighted by Gasteiger charge is -2.45. The highest BCUT2D eigenvalue weighted by Gasteiger charge is 2.58. The summed E-state index contributed by atoms with van der Waals surface area (Å²) in [6, 6.07) is 9.94. The SMILES string of the molecule is CCC1C(=O)N2C(C(=O)O)=C(Br)C(Cc3ccccc3)C12. The van der Waals surface area contributed by atoms with Crippen molar-refractivity contribution in [3.8, 4) is 0 Å². The number of carboxylic acids is 1. The zero-order chi connectivity index (χ0) is 15.1. The molecule has 1 aromatic carbocycles. The molecule has 1 amide bonds. The van der Waals surface area contributed by atoms with Crippen molar-refractivity contribution in [3.63, 3.8) is 0 Å². The summed E-state index contributed by atoms with van der Waals surface area (Å²) in [5, 5.41) is 9.38. The van der Waals surface area contributed by atoms with Crippen LogP contribution in [0.25, 0.3) is 0 Å². The number of amides is 1. The first-order valence-electron chi connectivity index (χ1n) is 7.06. The fourth-order valence-electron chi connectivity index (χ4n) is 3.43. The van der Waals surface area contributed by atoms with Crippen molar-refractivity contribution in [1.29, 1.82) is 0 Å². The van der Waals surface area contributed by atoms with Crippen LogP contribution in [-0.2, 0) is 16.0 Å². The average molecular weight is 350 g/mol. The van der Waals surface area contributed by atoms with Crippen molar-refractivity contribution in [3.05, 3.63) is 46.1 Å². The molecular formula is C16H16BrNO3. The fourth-order valence-corrected chi connectivity index (χ4v) is 4.22. The van der Waals surface area contributed by atoms with Gasteiger partial charge in [0, 0.05) is 10.4 Å². The summed E-state index contributed by atoms with van der Waals surface area (Å²) < 4.78 is 0.646. The van der Waals surface area contributed by atoms with Crippen molar-refractivity contribution >= 4 is 27.8 Å². The van der Waals surface area contributed by atoms with E-state index in [1.165, 1.54) is 4.90 Å². The Hall–Kier alpha value is -1.62. The molecule has 1 aromatic rings. The summed E-state index contributed by atoms with van der Waals surface area (Å²) in [5.41, 5.74) is 1.27. The Balaban J connectivity index is 1.94. The molecule has 21 heavy (non-hydrogen) atoms. The van der Waals surface area contributed by atoms with Crippen LogP contribution in [0, 0.1) is 11.8 Å². The van der Waals surface area contributed by atoms with Crippen LogP contribution in [0.3, 0.4) is 0 Å². The zero-order valence-corrected chi connectivity index (χ0v) is 13.2. The summed E-state index contributed by atoms with van der Waals surface area (Å²) in [4.78, 5) is 25.1. The fraction of sp³-hybridized carbons (Fsp3) is 0.375. The molecule has 3 rings (SSSR count). The maximum atomic E-state index is 12.1. The van der Waals surface area contributed by atoms with Gasteiger partial charge in [0.25, 0.3) is 0 Å². The number of carbonyl (C=O) groups is 2. The number of hydrogen-bond acceptors (Lipinski definition) is 2. The quantitative estimate of drug-likeness (QED) is 0.850. The molecule has 2 heterocycles. The molecule has 3 unspecified atom stereocenters. The highest BCUT2D eigenvalue weighted by atomic mass is 79.9. The Labute approximate surface area is 131 Å². The van der Waals surface area contributed by atoms with Gasteiger partial charge in [-0.3, -0.25) is 4.79 Å². The van der Waals surface area contributed by atoms with Crippen LogP contribution >= 0.6 is 15.9 Å². The minimum absolute atomic E-state index is 0.0248. The molecule has 110 valence electrons. The molecular weight excluding hydrogens is 334 g/mol. The van der Waals surface area contributed by atoms with E-state index < -0.39 is 5.97 Å². The molecule has 5 heteroatoms. The van der Waals surface area contributed by atoms with Crippen LogP contribution in [-0.4, -0.2) is 27.9 Å². The molecule has 4 nitrogen and oxygen atoms in total. The molecule has 1 saturated heterocycles. The van der Waals surface area contributed by atoms with Gasteiger partial charge in [0.15, 0.2) is 0 Å². The van der Waals surface area contributed by atoms with E-state index in [1.54, 1.807) is 0 Å². The van der Waals surface area contributed by atoms with Crippen molar-refractivity contribution < 1.29 is 14.7 Å². The number of carboxylic acid groups (broad SMARTS) is 1. The number of nitrogens with zero attached hydrogens (tertiary/aromatic N) is 1. The van der Waals surface area contributed by atoms with Gasteiger partial charge in [-0.1, -0.05) is 53.2 Å². The minimum atomic E-state index is -1.04. The summed E-state index contributed by atoms with van der Waals surface area (Å²) in [6.07, 6.45) is 1.49. The van der Waals surface area contributed by atoms with Crippen molar-refractivity contribution in [2.24, 2.45) is 11.8 Å². The molecule has 0 spiro atoms. The third-order valence-corrected chi connectivity index (χ3v) is 5.37. The van der Waals surface area contributed by atoms with Crippen LogP contribution in [0.1, 0.15) is 18.9 Å². The van der Waals surface area contributed by atoms with E-state index in [0.29, 0.717) is 4.48 Å². The van der Waals surface area contributed by atoms with E-state index in [9.17, 15) is 14.7 Å². The maximum Gasteiger partial charge on any atom is 0.353 e. The van der Waals surface area contributed by atoms with Gasteiger partial charge in [-0.25, -0.2) is 4.79 Å². The number of β-lactam (4-membered cyclic amide) rings is 1. The molecule has 0 aliphatic carbocycles. The summed E-state index contributed by atoms with van der Waals surface area (Å²) in [7, 11) is 0. The van der Waals surface area contributed by atoms with Crippen LogP contribution in [0.15, 0.2) is 40.5 Å². The molecule has 0 aromatic heterocycles. The van der Waals surface area contributed by atoms with E-state index >= 15 is 0 Å². The van der Waals surface area contributed by atoms with Crippen molar-refractivity contribution in [1.82, 2.24) is 4.90 Å². The number of hydrogen-bond donors (Lipinski definition) is 1. The van der Waals surface area contributed by atoms with Crippen LogP contribution in [0.5, 0.6) is 0 Å². The van der Waals surface area contributed by atoms with Gasteiger partial charge in [-0.2, -0.15) is 0 Å². The Morgan fingerprint density at radius 3 is 2.52 bits per heavy atom. The third kappa shape index (κ3) is 2.11. The third-order valence-electron chi connectivity index (χ3n) is 4.41. The Morgan fingerprint density at radius 1 is 1.29 bits per heavy atom. The van der Waals surface area contributed by atoms with Crippen molar-refractivity contribution in [2.45, 2.75) is 25.8 Å². The average Bonchev–Trinajstić information content (AvgIpc) is 2.71. The van der Waals surface area contributed by atoms with E-state index in [4.69, 9.17) is 0 Å². The first kappa shape index (κ1) is 14.3. The van der Waals surface area contributed by atoms with E-state index in [2.05, 4.69) is 15.9 Å². The van der Waals surface area contributed by atoms with Crippen LogP contribution in [0.2, 0.25) is 0 Å². The van der Waals surface area contributed by atoms with Crippen LogP contribution in [0.4, 0.5) is 0 Å². The van der Waals surface area contributed by atoms with Gasteiger partial charge in [-0.05, 0) is 18.4 Å². The Bertz CT molecular complexity index is 626. The second kappa shape index (κ2) is 5.30. The number of halogens is 1. The summed E-state index contributed by atoms with van der Waals surface area (Å²) in [6.45, 7) is 1.98. The van der Waals surface area contributed by atoms with Crippen molar-refractivity contribution in [2.75, 3.05) is 0 Å². The first-order chi connectivity index (χ1) is 10.1. The summed E-state index contributed by atoms with van der Waals surface area (Å²) in [5.74, 6) is -1.14. The number of rotatable bonds is 4. The standard InChI is InChI=1S/C16H16BrNO3/c1-2-10-13-11(8-9-6-4-3-5-7-9)12(17)14(16(20)21)18(13)15(10)19/h3-7,10-11,13H,2,8H2,1H3,(H,20,21). The molecule has 3 atom stereocenters. The smallest absolute Gasteiger partial charge is 0.353 e. The lowest BCUT2D eigenvalue weighted by atomic mass is 9.78. The van der Waals surface area contributed by atoms with Gasteiger partial charge >= 0.3 is 5.97 Å². The highest BCUT2D eigenvalue weighted by molar-refractivity contribution is 9.11. The normalized spacial score (nSPS) is 27.6. The molecule has 2 aliphatic rings. The molecule has 2 aliphatic heterocycles. The summed E-state index contributed by atoms with van der Waals surface area (Å²) >= 11 is 3.44. The molecule has 0 bridgehead atoms. The van der Waals surface area contributed by atoms with Gasteiger partial charge < -0.3 is 10.0 Å². The molecule has 0 saturated carbocycles. The number of aliphatic carboxylic acids is 1. The predicted molar refractivity (Wildman–Crippen MR) is 81.6 cm³/mol. The lowest BCUT2D eigenvalue weighted by molar-refractivity contribution is -0.156. The van der Waals surface area contributed by atoms with E-state index in [1.807, 2.05) is 37.3 Å². The predicted octanol–water partition coefficient (Wildman–Crippen LogP) is 2.79. The monoisotopic (exact) mass is 349 g/mol. The number of fused-ring (bicyclic) bond motifs is 1. The lowest BCUT2D eigenvalue weighted by Crippen LogP contribution is -2.60. The molecule has 1 N–H and O–H groups in total. The maximum absolute atomic E-state index is 12.1. The number of carbonyl (C=O) groups excluding carboxylic acids is 1. The second-order valence-electron chi connectivity index (χ2n) is 5.51. The molecule has 0 radical (unpaired) electrons. The second-order valence-corrected chi connectivity index (χ2v) is 6.37. The van der Waals surface area contributed by atoms with E-state index in [0.717, 1.165) is 18.4 Å². The van der Waals surface area contributed by atoms with E-state index in [-0.39, 0.29) is 29.5 Å². The van der Waals surface area contributed by atoms with Gasteiger partial charge in [-0.15, -0.1) is 0 Å². The topological polar surface area (TPSA) is 57.6 Å². The largest absolute Gasteiger partial charge is 0.477 e. The van der Waals surface area contributed by atoms with Gasteiger partial charge in [0.1, 0.15) is 5.70 Å². The Morgan fingerprint density at radius 2 is 1.95 bits per heavy atom. The molecule has 1 fully saturated rings. The van der Waals surface area contributed by atoms with Gasteiger partial charge in [0.05, 0.1) is 12.0 Å². The number of benzene rings is 1.